The Morgan fingerprint density at radius 3 is 2.61 bits per heavy atom. The van der Waals surface area contributed by atoms with Gasteiger partial charge in [-0.15, -0.1) is 0 Å². The number of hydrogen-bond donors (Lipinski definition) is 2. The summed E-state index contributed by atoms with van der Waals surface area (Å²) in [6, 6.07) is 4.68. The van der Waals surface area contributed by atoms with Crippen LogP contribution in [0.2, 0.25) is 10.0 Å². The van der Waals surface area contributed by atoms with Gasteiger partial charge in [0.25, 0.3) is 0 Å². The van der Waals surface area contributed by atoms with Crippen molar-refractivity contribution >= 4 is 34.6 Å². The molecule has 0 aromatic heterocycles. The van der Waals surface area contributed by atoms with Gasteiger partial charge in [0, 0.05) is 18.6 Å². The Labute approximate surface area is 118 Å². The van der Waals surface area contributed by atoms with Gasteiger partial charge in [-0.25, -0.2) is 0 Å². The average molecular weight is 288 g/mol. The quantitative estimate of drug-likeness (QED) is 0.815. The van der Waals surface area contributed by atoms with E-state index in [-0.39, 0.29) is 0 Å². The van der Waals surface area contributed by atoms with Crippen LogP contribution in [0.15, 0.2) is 12.1 Å². The molecule has 3 N–H and O–H groups in total. The van der Waals surface area contributed by atoms with Crippen LogP contribution < -0.4 is 11.1 Å². The molecular weight excluding hydrogens is 269 g/mol. The Balaban J connectivity index is 1.95. The van der Waals surface area contributed by atoms with Gasteiger partial charge in [0.15, 0.2) is 0 Å². The fourth-order valence-electron chi connectivity index (χ4n) is 1.96. The lowest BCUT2D eigenvalue weighted by Gasteiger charge is -2.25. The maximum absolute atomic E-state index is 5.99. The molecule has 1 saturated carbocycles. The molecule has 5 heteroatoms. The van der Waals surface area contributed by atoms with Crippen LogP contribution in [0.4, 0.5) is 11.4 Å². The van der Waals surface area contributed by atoms with Crippen molar-refractivity contribution in [3.63, 3.8) is 0 Å². The Morgan fingerprint density at radius 2 is 2.00 bits per heavy atom. The molecule has 0 heterocycles. The lowest BCUT2D eigenvalue weighted by Crippen LogP contribution is -2.36. The summed E-state index contributed by atoms with van der Waals surface area (Å²) >= 11 is 11.9. The zero-order valence-corrected chi connectivity index (χ0v) is 12.2. The summed E-state index contributed by atoms with van der Waals surface area (Å²) in [6.07, 6.45) is 2.63. The molecule has 1 aromatic carbocycles. The van der Waals surface area contributed by atoms with E-state index in [9.17, 15) is 0 Å². The van der Waals surface area contributed by atoms with Crippen LogP contribution in [0.1, 0.15) is 19.8 Å². The van der Waals surface area contributed by atoms with Gasteiger partial charge >= 0.3 is 0 Å². The summed E-state index contributed by atoms with van der Waals surface area (Å²) in [4.78, 5) is 2.40. The summed E-state index contributed by atoms with van der Waals surface area (Å²) in [5.74, 6) is 0. The molecule has 0 amide bonds. The Hall–Kier alpha value is -0.640. The molecule has 0 bridgehead atoms. The fourth-order valence-corrected chi connectivity index (χ4v) is 2.29. The number of hydrogen-bond acceptors (Lipinski definition) is 3. The van der Waals surface area contributed by atoms with Gasteiger partial charge in [0.05, 0.1) is 21.4 Å². The van der Waals surface area contributed by atoms with Crippen LogP contribution in [0.5, 0.6) is 0 Å². The van der Waals surface area contributed by atoms with Crippen molar-refractivity contribution in [1.29, 1.82) is 0 Å². The molecular formula is C13H19Cl2N3. The van der Waals surface area contributed by atoms with E-state index in [1.165, 1.54) is 12.8 Å². The summed E-state index contributed by atoms with van der Waals surface area (Å²) < 4.78 is 0. The lowest BCUT2D eigenvalue weighted by atomic mass is 10.2. The summed E-state index contributed by atoms with van der Waals surface area (Å²) in [5, 5.41) is 4.35. The third-order valence-corrected chi connectivity index (χ3v) is 4.22. The number of halogens is 2. The largest absolute Gasteiger partial charge is 0.397 e. The molecule has 1 fully saturated rings. The Morgan fingerprint density at radius 1 is 1.39 bits per heavy atom. The van der Waals surface area contributed by atoms with Gasteiger partial charge < -0.3 is 11.1 Å². The second kappa shape index (κ2) is 5.55. The SMILES string of the molecule is CC(CNc1cc(Cl)c(Cl)cc1N)N(C)C1CC1. The molecule has 1 aliphatic rings. The molecule has 3 nitrogen and oxygen atoms in total. The number of nitrogen functional groups attached to an aromatic ring is 1. The van der Waals surface area contributed by atoms with Gasteiger partial charge in [0.2, 0.25) is 0 Å². The van der Waals surface area contributed by atoms with Gasteiger partial charge in [-0.05, 0) is 38.9 Å². The monoisotopic (exact) mass is 287 g/mol. The number of rotatable bonds is 5. The minimum atomic E-state index is 0.464. The predicted molar refractivity (Wildman–Crippen MR) is 79.6 cm³/mol. The zero-order valence-electron chi connectivity index (χ0n) is 10.7. The van der Waals surface area contributed by atoms with Crippen LogP contribution in [0.3, 0.4) is 0 Å². The standard InChI is InChI=1S/C13H19Cl2N3/c1-8(18(2)9-3-4-9)7-17-13-6-11(15)10(14)5-12(13)16/h5-6,8-9,17H,3-4,7,16H2,1-2H3. The third-order valence-electron chi connectivity index (χ3n) is 3.50. The van der Waals surface area contributed by atoms with Gasteiger partial charge in [-0.1, -0.05) is 23.2 Å². The predicted octanol–water partition coefficient (Wildman–Crippen LogP) is 3.47. The molecule has 2 rings (SSSR count). The van der Waals surface area contributed by atoms with Crippen molar-refractivity contribution in [1.82, 2.24) is 4.90 Å². The van der Waals surface area contributed by atoms with Crippen molar-refractivity contribution in [3.05, 3.63) is 22.2 Å². The summed E-state index contributed by atoms with van der Waals surface area (Å²) in [6.45, 7) is 3.05. The van der Waals surface area contributed by atoms with E-state index < -0.39 is 0 Å². The first-order chi connectivity index (χ1) is 8.49. The van der Waals surface area contributed by atoms with Crippen molar-refractivity contribution in [2.45, 2.75) is 31.8 Å². The van der Waals surface area contributed by atoms with E-state index in [4.69, 9.17) is 28.9 Å². The highest BCUT2D eigenvalue weighted by atomic mass is 35.5. The normalized spacial score (nSPS) is 16.9. The topological polar surface area (TPSA) is 41.3 Å². The van der Waals surface area contributed by atoms with E-state index in [2.05, 4.69) is 24.2 Å². The molecule has 100 valence electrons. The highest BCUT2D eigenvalue weighted by molar-refractivity contribution is 6.42. The van der Waals surface area contributed by atoms with Crippen molar-refractivity contribution in [2.24, 2.45) is 0 Å². The lowest BCUT2D eigenvalue weighted by molar-refractivity contribution is 0.257. The summed E-state index contributed by atoms with van der Waals surface area (Å²) in [7, 11) is 2.17. The maximum Gasteiger partial charge on any atom is 0.0614 e. The minimum Gasteiger partial charge on any atom is -0.397 e. The number of nitrogens with zero attached hydrogens (tertiary/aromatic N) is 1. The highest BCUT2D eigenvalue weighted by Crippen LogP contribution is 2.31. The number of likely N-dealkylation sites (N-methyl/N-ethyl adjacent to an activating group) is 1. The van der Waals surface area contributed by atoms with E-state index in [1.54, 1.807) is 12.1 Å². The number of anilines is 2. The smallest absolute Gasteiger partial charge is 0.0614 e. The van der Waals surface area contributed by atoms with E-state index in [0.29, 0.717) is 21.8 Å². The third kappa shape index (κ3) is 3.22. The molecule has 1 aromatic rings. The molecule has 1 atom stereocenters. The number of nitrogens with two attached hydrogens (primary N) is 1. The second-order valence-electron chi connectivity index (χ2n) is 4.98. The number of benzene rings is 1. The highest BCUT2D eigenvalue weighted by Gasteiger charge is 2.28. The molecule has 18 heavy (non-hydrogen) atoms. The van der Waals surface area contributed by atoms with E-state index in [1.807, 2.05) is 0 Å². The van der Waals surface area contributed by atoms with Gasteiger partial charge in [0.1, 0.15) is 0 Å². The average Bonchev–Trinajstić information content (AvgIpc) is 3.14. The van der Waals surface area contributed by atoms with E-state index >= 15 is 0 Å². The van der Waals surface area contributed by atoms with Crippen molar-refractivity contribution < 1.29 is 0 Å². The van der Waals surface area contributed by atoms with Crippen LogP contribution in [0.25, 0.3) is 0 Å². The first kappa shape index (κ1) is 13.8. The van der Waals surface area contributed by atoms with Crippen LogP contribution in [-0.4, -0.2) is 30.6 Å². The Bertz CT molecular complexity index is 432. The number of nitrogens with one attached hydrogen (secondary N) is 1. The molecule has 1 unspecified atom stereocenters. The minimum absolute atomic E-state index is 0.464. The fraction of sp³-hybridized carbons (Fsp3) is 0.538. The maximum atomic E-state index is 5.99. The van der Waals surface area contributed by atoms with Crippen LogP contribution in [-0.2, 0) is 0 Å². The first-order valence-electron chi connectivity index (χ1n) is 6.19. The molecule has 0 aliphatic heterocycles. The molecule has 1 aliphatic carbocycles. The van der Waals surface area contributed by atoms with Crippen molar-refractivity contribution in [2.75, 3.05) is 24.6 Å². The molecule has 0 spiro atoms. The zero-order chi connectivity index (χ0) is 13.3. The van der Waals surface area contributed by atoms with Crippen LogP contribution in [0, 0.1) is 0 Å². The molecule has 0 radical (unpaired) electrons. The van der Waals surface area contributed by atoms with Gasteiger partial charge in [-0.2, -0.15) is 0 Å². The van der Waals surface area contributed by atoms with E-state index in [0.717, 1.165) is 18.3 Å². The molecule has 0 saturated heterocycles. The Kier molecular flexibility index (Phi) is 4.25. The van der Waals surface area contributed by atoms with Crippen LogP contribution >= 0.6 is 23.2 Å². The first-order valence-corrected chi connectivity index (χ1v) is 6.95. The summed E-state index contributed by atoms with van der Waals surface area (Å²) in [5.41, 5.74) is 7.38. The van der Waals surface area contributed by atoms with Gasteiger partial charge in [-0.3, -0.25) is 4.90 Å². The van der Waals surface area contributed by atoms with Crippen molar-refractivity contribution in [3.8, 4) is 0 Å². The second-order valence-corrected chi connectivity index (χ2v) is 5.79.